The quantitative estimate of drug-likeness (QED) is 0.536. The summed E-state index contributed by atoms with van der Waals surface area (Å²) in [5.41, 5.74) is 3.73. The van der Waals surface area contributed by atoms with E-state index in [2.05, 4.69) is 11.1 Å². The molecule has 2 fully saturated rings. The van der Waals surface area contributed by atoms with Crippen LogP contribution in [0.2, 0.25) is 5.02 Å². The first kappa shape index (κ1) is 20.9. The van der Waals surface area contributed by atoms with Gasteiger partial charge in [0.05, 0.1) is 17.1 Å². The zero-order chi connectivity index (χ0) is 22.4. The van der Waals surface area contributed by atoms with E-state index in [1.807, 2.05) is 41.3 Å². The molecule has 3 aliphatic rings. The maximum atomic E-state index is 12.7. The summed E-state index contributed by atoms with van der Waals surface area (Å²) >= 11 is 6.70. The minimum Gasteiger partial charge on any atom is -0.462 e. The molecule has 1 amide bonds. The van der Waals surface area contributed by atoms with E-state index in [-0.39, 0.29) is 12.0 Å². The first-order valence-corrected chi connectivity index (χ1v) is 11.9. The lowest BCUT2D eigenvalue weighted by atomic mass is 9.98. The molecule has 0 N–H and O–H groups in total. The molecule has 0 radical (unpaired) electrons. The molecule has 0 unspecified atom stereocenters. The molecule has 3 aliphatic heterocycles. The van der Waals surface area contributed by atoms with Crippen molar-refractivity contribution in [2.45, 2.75) is 44.2 Å². The maximum absolute atomic E-state index is 12.7. The third kappa shape index (κ3) is 3.76. The number of ether oxygens (including phenoxy) is 3. The average Bonchev–Trinajstić information content (AvgIpc) is 3.40. The number of piperidine rings is 1. The van der Waals surface area contributed by atoms with Crippen LogP contribution in [0.15, 0.2) is 48.7 Å². The Kier molecular flexibility index (Phi) is 5.24. The third-order valence-electron chi connectivity index (χ3n) is 6.91. The Morgan fingerprint density at radius 2 is 2.03 bits per heavy atom. The summed E-state index contributed by atoms with van der Waals surface area (Å²) in [7, 11) is 0. The van der Waals surface area contributed by atoms with Crippen molar-refractivity contribution < 1.29 is 19.0 Å². The molecule has 0 aliphatic carbocycles. The second kappa shape index (κ2) is 8.28. The SMILES string of the molecule is O=C([C@H]1CCCO1)N1CCC2(CC1)OCc1cc(-c3ccc4cccnc4c3Cl)ccc1O2. The molecule has 33 heavy (non-hydrogen) atoms. The number of hydrogen-bond acceptors (Lipinski definition) is 5. The van der Waals surface area contributed by atoms with E-state index < -0.39 is 5.79 Å². The standard InChI is InChI=1S/C26H25ClN2O4/c27-23-20(7-5-17-3-1-11-28-24(17)23)18-6-8-21-19(15-18)16-32-26(33-21)9-12-29(13-10-26)25(30)22-4-2-14-31-22/h1,3,5-8,11,15,22H,2,4,9-10,12-14,16H2/t22-/m1/s1. The third-order valence-corrected chi connectivity index (χ3v) is 7.30. The molecule has 3 aromatic rings. The highest BCUT2D eigenvalue weighted by atomic mass is 35.5. The van der Waals surface area contributed by atoms with Crippen LogP contribution in [0.5, 0.6) is 5.75 Å². The number of benzene rings is 2. The Balaban J connectivity index is 1.19. The van der Waals surface area contributed by atoms with Gasteiger partial charge >= 0.3 is 0 Å². The first-order valence-electron chi connectivity index (χ1n) is 11.5. The zero-order valence-electron chi connectivity index (χ0n) is 18.3. The van der Waals surface area contributed by atoms with Crippen molar-refractivity contribution in [3.8, 4) is 16.9 Å². The molecule has 0 saturated carbocycles. The Bertz CT molecular complexity index is 1220. The van der Waals surface area contributed by atoms with Gasteiger partial charge < -0.3 is 19.1 Å². The fourth-order valence-corrected chi connectivity index (χ4v) is 5.35. The molecule has 1 aromatic heterocycles. The molecule has 1 atom stereocenters. The van der Waals surface area contributed by atoms with Crippen molar-refractivity contribution in [2.75, 3.05) is 19.7 Å². The number of carbonyl (C=O) groups excluding carboxylic acids is 1. The van der Waals surface area contributed by atoms with Crippen LogP contribution in [0.1, 0.15) is 31.2 Å². The van der Waals surface area contributed by atoms with Gasteiger partial charge in [-0.3, -0.25) is 9.78 Å². The lowest BCUT2D eigenvalue weighted by Crippen LogP contribution is -2.54. The number of hydrogen-bond donors (Lipinski definition) is 0. The molecule has 6 rings (SSSR count). The largest absolute Gasteiger partial charge is 0.462 e. The predicted molar refractivity (Wildman–Crippen MR) is 125 cm³/mol. The van der Waals surface area contributed by atoms with Crippen molar-refractivity contribution in [3.05, 3.63) is 59.2 Å². The van der Waals surface area contributed by atoms with E-state index in [0.717, 1.165) is 46.2 Å². The summed E-state index contributed by atoms with van der Waals surface area (Å²) in [6.07, 6.45) is 4.55. The zero-order valence-corrected chi connectivity index (χ0v) is 19.0. The molecular weight excluding hydrogens is 440 g/mol. The molecule has 6 nitrogen and oxygen atoms in total. The smallest absolute Gasteiger partial charge is 0.251 e. The highest BCUT2D eigenvalue weighted by Gasteiger charge is 2.43. The van der Waals surface area contributed by atoms with E-state index in [1.165, 1.54) is 0 Å². The number of fused-ring (bicyclic) bond motifs is 2. The van der Waals surface area contributed by atoms with Gasteiger partial charge in [0.2, 0.25) is 5.79 Å². The number of amides is 1. The average molecular weight is 465 g/mol. The van der Waals surface area contributed by atoms with Gasteiger partial charge in [-0.05, 0) is 36.6 Å². The molecule has 2 saturated heterocycles. The van der Waals surface area contributed by atoms with Crippen molar-refractivity contribution in [1.29, 1.82) is 0 Å². The van der Waals surface area contributed by atoms with Crippen LogP contribution in [0, 0.1) is 0 Å². The van der Waals surface area contributed by atoms with Crippen LogP contribution in [0.4, 0.5) is 0 Å². The summed E-state index contributed by atoms with van der Waals surface area (Å²) in [5, 5.41) is 1.66. The molecule has 170 valence electrons. The normalized spacial score (nSPS) is 21.7. The molecular formula is C26H25ClN2O4. The fraction of sp³-hybridized carbons (Fsp3) is 0.385. The molecule has 1 spiro atoms. The molecule has 7 heteroatoms. The lowest BCUT2D eigenvalue weighted by molar-refractivity contribution is -0.228. The van der Waals surface area contributed by atoms with Gasteiger partial charge in [-0.15, -0.1) is 0 Å². The van der Waals surface area contributed by atoms with Gasteiger partial charge in [-0.25, -0.2) is 0 Å². The highest BCUT2D eigenvalue weighted by molar-refractivity contribution is 6.37. The van der Waals surface area contributed by atoms with Gasteiger partial charge in [-0.1, -0.05) is 35.9 Å². The Morgan fingerprint density at radius 1 is 1.15 bits per heavy atom. The summed E-state index contributed by atoms with van der Waals surface area (Å²) in [5.74, 6) is 0.260. The van der Waals surface area contributed by atoms with Crippen molar-refractivity contribution in [2.24, 2.45) is 0 Å². The van der Waals surface area contributed by atoms with Gasteiger partial charge in [0.1, 0.15) is 11.9 Å². The summed E-state index contributed by atoms with van der Waals surface area (Å²) in [4.78, 5) is 19.0. The number of halogens is 1. The van der Waals surface area contributed by atoms with Crippen molar-refractivity contribution in [1.82, 2.24) is 9.88 Å². The monoisotopic (exact) mass is 464 g/mol. The second-order valence-corrected chi connectivity index (χ2v) is 9.33. The molecule has 0 bridgehead atoms. The van der Waals surface area contributed by atoms with Crippen LogP contribution in [-0.2, 0) is 20.9 Å². The van der Waals surface area contributed by atoms with Crippen molar-refractivity contribution >= 4 is 28.4 Å². The van der Waals surface area contributed by atoms with Gasteiger partial charge in [0.15, 0.2) is 0 Å². The van der Waals surface area contributed by atoms with Gasteiger partial charge in [-0.2, -0.15) is 0 Å². The van der Waals surface area contributed by atoms with Crippen molar-refractivity contribution in [3.63, 3.8) is 0 Å². The number of carbonyl (C=O) groups is 1. The Morgan fingerprint density at radius 3 is 2.85 bits per heavy atom. The number of rotatable bonds is 2. The topological polar surface area (TPSA) is 60.9 Å². The van der Waals surface area contributed by atoms with Gasteiger partial charge in [0.25, 0.3) is 5.91 Å². The van der Waals surface area contributed by atoms with E-state index in [1.54, 1.807) is 6.20 Å². The summed E-state index contributed by atoms with van der Waals surface area (Å²) in [6, 6.07) is 14.1. The van der Waals surface area contributed by atoms with Crippen LogP contribution in [-0.4, -0.2) is 47.4 Å². The van der Waals surface area contributed by atoms with E-state index >= 15 is 0 Å². The second-order valence-electron chi connectivity index (χ2n) is 8.95. The van der Waals surface area contributed by atoms with Gasteiger partial charge in [0, 0.05) is 55.2 Å². The Hall–Kier alpha value is -2.67. The molecule has 4 heterocycles. The van der Waals surface area contributed by atoms with Crippen LogP contribution in [0.3, 0.4) is 0 Å². The van der Waals surface area contributed by atoms with E-state index in [9.17, 15) is 4.79 Å². The first-order chi connectivity index (χ1) is 16.1. The summed E-state index contributed by atoms with van der Waals surface area (Å²) in [6.45, 7) is 2.38. The number of pyridine rings is 1. The Labute approximate surface area is 197 Å². The number of likely N-dealkylation sites (tertiary alicyclic amines) is 1. The minimum atomic E-state index is -0.674. The lowest BCUT2D eigenvalue weighted by Gasteiger charge is -2.44. The van der Waals surface area contributed by atoms with E-state index in [0.29, 0.717) is 44.2 Å². The van der Waals surface area contributed by atoms with Crippen LogP contribution < -0.4 is 4.74 Å². The fourth-order valence-electron chi connectivity index (χ4n) is 5.02. The summed E-state index contributed by atoms with van der Waals surface area (Å²) < 4.78 is 18.2. The maximum Gasteiger partial charge on any atom is 0.251 e. The number of nitrogens with zero attached hydrogens (tertiary/aromatic N) is 2. The highest BCUT2D eigenvalue weighted by Crippen LogP contribution is 2.41. The van der Waals surface area contributed by atoms with E-state index in [4.69, 9.17) is 25.8 Å². The number of aromatic nitrogens is 1. The molecule has 2 aromatic carbocycles. The van der Waals surface area contributed by atoms with Crippen LogP contribution >= 0.6 is 11.6 Å². The predicted octanol–water partition coefficient (Wildman–Crippen LogP) is 4.96. The minimum absolute atomic E-state index is 0.102. The van der Waals surface area contributed by atoms with Crippen LogP contribution in [0.25, 0.3) is 22.0 Å².